The summed E-state index contributed by atoms with van der Waals surface area (Å²) in [4.78, 5) is 0. The van der Waals surface area contributed by atoms with Gasteiger partial charge < -0.3 is 4.72 Å². The van der Waals surface area contributed by atoms with Crippen molar-refractivity contribution in [3.63, 3.8) is 0 Å². The Balaban J connectivity index is 3.19. The van der Waals surface area contributed by atoms with Gasteiger partial charge in [0.1, 0.15) is 0 Å². The van der Waals surface area contributed by atoms with Gasteiger partial charge in [-0.15, -0.1) is 0 Å². The predicted molar refractivity (Wildman–Crippen MR) is 70.0 cm³/mol. The molecule has 0 heterocycles. The molecule has 0 amide bonds. The Morgan fingerprint density at radius 3 is 2.27 bits per heavy atom. The van der Waals surface area contributed by atoms with E-state index in [1.807, 2.05) is 24.3 Å². The van der Waals surface area contributed by atoms with Crippen LogP contribution < -0.4 is 4.72 Å². The molecule has 3 heteroatoms. The average Bonchev–Trinajstić information content (AvgIpc) is 1.99. The number of hydrogen-bond donors (Lipinski definition) is 1. The summed E-state index contributed by atoms with van der Waals surface area (Å²) in [6.07, 6.45) is 1.60. The van der Waals surface area contributed by atoms with Crippen LogP contribution in [0.25, 0.3) is 0 Å². The fraction of sp³-hybridized carbons (Fsp3) is 0.417. The third-order valence-corrected chi connectivity index (χ3v) is 2.71. The molecular formula is C12H19NOS. The van der Waals surface area contributed by atoms with Crippen molar-refractivity contribution in [2.24, 2.45) is 0 Å². The number of benzene rings is 1. The standard InChI is InChI=1S/C12H19NOS/c1-12(2,3)10-8-6-7-9-11(10)13-15(4,5)14/h6-9H,4H2,1-3,5H3,(H,13,14). The van der Waals surface area contributed by atoms with Gasteiger partial charge in [-0.25, -0.2) is 4.21 Å². The Morgan fingerprint density at radius 1 is 1.27 bits per heavy atom. The van der Waals surface area contributed by atoms with Crippen LogP contribution in [-0.4, -0.2) is 16.3 Å². The molecule has 1 aromatic carbocycles. The molecule has 0 aliphatic carbocycles. The maximum Gasteiger partial charge on any atom is 0.0494 e. The molecule has 2 nitrogen and oxygen atoms in total. The van der Waals surface area contributed by atoms with Gasteiger partial charge in [-0.05, 0) is 22.9 Å². The fourth-order valence-electron chi connectivity index (χ4n) is 1.46. The normalized spacial score (nSPS) is 15.7. The van der Waals surface area contributed by atoms with Gasteiger partial charge >= 0.3 is 0 Å². The molecule has 0 aliphatic rings. The highest BCUT2D eigenvalue weighted by Crippen LogP contribution is 2.29. The lowest BCUT2D eigenvalue weighted by molar-refractivity contribution is 0.592. The van der Waals surface area contributed by atoms with Crippen LogP contribution in [-0.2, 0) is 15.1 Å². The SMILES string of the molecule is C=S(C)(=O)Nc1ccccc1C(C)(C)C. The lowest BCUT2D eigenvalue weighted by atomic mass is 9.86. The second kappa shape index (κ2) is 3.89. The Morgan fingerprint density at radius 2 is 1.80 bits per heavy atom. The number of nitrogens with one attached hydrogen (secondary N) is 1. The molecule has 0 saturated carbocycles. The van der Waals surface area contributed by atoms with Gasteiger partial charge in [-0.3, -0.25) is 0 Å². The first-order chi connectivity index (χ1) is 6.70. The second-order valence-corrected chi connectivity index (χ2v) is 7.12. The largest absolute Gasteiger partial charge is 0.313 e. The van der Waals surface area contributed by atoms with Gasteiger partial charge in [0.05, 0.1) is 0 Å². The minimum Gasteiger partial charge on any atom is -0.313 e. The van der Waals surface area contributed by atoms with Crippen molar-refractivity contribution >= 4 is 21.3 Å². The van der Waals surface area contributed by atoms with E-state index in [9.17, 15) is 4.21 Å². The highest BCUT2D eigenvalue weighted by atomic mass is 32.2. The van der Waals surface area contributed by atoms with Crippen molar-refractivity contribution in [3.05, 3.63) is 29.8 Å². The molecule has 1 atom stereocenters. The van der Waals surface area contributed by atoms with E-state index < -0.39 is 9.71 Å². The Bertz CT molecular complexity index is 441. The number of hydrogen-bond acceptors (Lipinski definition) is 1. The molecule has 0 bridgehead atoms. The van der Waals surface area contributed by atoms with E-state index in [1.54, 1.807) is 6.26 Å². The summed E-state index contributed by atoms with van der Waals surface area (Å²) in [5, 5.41) is 0. The molecule has 15 heavy (non-hydrogen) atoms. The monoisotopic (exact) mass is 225 g/mol. The highest BCUT2D eigenvalue weighted by molar-refractivity contribution is 8.00. The lowest BCUT2D eigenvalue weighted by Crippen LogP contribution is -2.17. The van der Waals surface area contributed by atoms with Crippen LogP contribution in [0, 0.1) is 0 Å². The maximum atomic E-state index is 11.6. The highest BCUT2D eigenvalue weighted by Gasteiger charge is 2.17. The van der Waals surface area contributed by atoms with E-state index >= 15 is 0 Å². The zero-order valence-corrected chi connectivity index (χ0v) is 10.6. The maximum absolute atomic E-state index is 11.6. The van der Waals surface area contributed by atoms with Crippen LogP contribution in [0.4, 0.5) is 5.69 Å². The van der Waals surface area contributed by atoms with E-state index in [4.69, 9.17) is 0 Å². The van der Waals surface area contributed by atoms with Crippen LogP contribution >= 0.6 is 0 Å². The molecule has 1 aromatic rings. The molecule has 1 N–H and O–H groups in total. The van der Waals surface area contributed by atoms with Crippen molar-refractivity contribution in [3.8, 4) is 0 Å². The van der Waals surface area contributed by atoms with Crippen LogP contribution in [0.2, 0.25) is 0 Å². The molecular weight excluding hydrogens is 206 g/mol. The molecule has 0 spiro atoms. The van der Waals surface area contributed by atoms with E-state index in [1.165, 1.54) is 0 Å². The Labute approximate surface area is 92.9 Å². The third kappa shape index (κ3) is 3.59. The van der Waals surface area contributed by atoms with E-state index in [2.05, 4.69) is 31.4 Å². The number of rotatable bonds is 2. The van der Waals surface area contributed by atoms with Crippen LogP contribution in [0.5, 0.6) is 0 Å². The molecule has 0 aromatic heterocycles. The smallest absolute Gasteiger partial charge is 0.0494 e. The van der Waals surface area contributed by atoms with Gasteiger partial charge in [-0.1, -0.05) is 39.0 Å². The van der Waals surface area contributed by atoms with E-state index in [0.717, 1.165) is 11.3 Å². The summed E-state index contributed by atoms with van der Waals surface area (Å²) in [7, 11) is -2.21. The summed E-state index contributed by atoms with van der Waals surface area (Å²) in [5.41, 5.74) is 2.10. The van der Waals surface area contributed by atoms with Gasteiger partial charge in [0, 0.05) is 21.7 Å². The van der Waals surface area contributed by atoms with Crippen molar-refractivity contribution < 1.29 is 4.21 Å². The lowest BCUT2D eigenvalue weighted by Gasteiger charge is -2.23. The molecule has 1 rings (SSSR count). The quantitative estimate of drug-likeness (QED) is 0.770. The van der Waals surface area contributed by atoms with Gasteiger partial charge in [-0.2, -0.15) is 0 Å². The summed E-state index contributed by atoms with van der Waals surface area (Å²) in [6.45, 7) is 6.40. The van der Waals surface area contributed by atoms with Crippen LogP contribution in [0.15, 0.2) is 24.3 Å². The second-order valence-electron chi connectivity index (χ2n) is 4.90. The van der Waals surface area contributed by atoms with Crippen molar-refractivity contribution in [2.75, 3.05) is 11.0 Å². The van der Waals surface area contributed by atoms with Crippen molar-refractivity contribution in [1.29, 1.82) is 0 Å². The van der Waals surface area contributed by atoms with Crippen molar-refractivity contribution in [1.82, 2.24) is 0 Å². The zero-order valence-electron chi connectivity index (χ0n) is 9.83. The summed E-state index contributed by atoms with van der Waals surface area (Å²) in [5.74, 6) is 3.61. The molecule has 0 saturated heterocycles. The summed E-state index contributed by atoms with van der Waals surface area (Å²) < 4.78 is 14.6. The van der Waals surface area contributed by atoms with E-state index in [0.29, 0.717) is 0 Å². The van der Waals surface area contributed by atoms with Gasteiger partial charge in [0.15, 0.2) is 0 Å². The summed E-state index contributed by atoms with van der Waals surface area (Å²) >= 11 is 0. The third-order valence-electron chi connectivity index (χ3n) is 2.06. The fourth-order valence-corrected chi connectivity index (χ4v) is 2.10. The molecule has 84 valence electrons. The van der Waals surface area contributed by atoms with Crippen LogP contribution in [0.1, 0.15) is 26.3 Å². The molecule has 0 aliphatic heterocycles. The van der Waals surface area contributed by atoms with Crippen molar-refractivity contribution in [2.45, 2.75) is 26.2 Å². The summed E-state index contributed by atoms with van der Waals surface area (Å²) in [6, 6.07) is 7.91. The Kier molecular flexibility index (Phi) is 3.14. The first kappa shape index (κ1) is 12.1. The topological polar surface area (TPSA) is 29.1 Å². The minimum atomic E-state index is -2.21. The number of para-hydroxylation sites is 1. The van der Waals surface area contributed by atoms with Crippen LogP contribution in [0.3, 0.4) is 0 Å². The van der Waals surface area contributed by atoms with E-state index in [-0.39, 0.29) is 5.41 Å². The molecule has 0 fully saturated rings. The minimum absolute atomic E-state index is 0.0360. The molecule has 1 unspecified atom stereocenters. The average molecular weight is 225 g/mol. The molecule has 0 radical (unpaired) electrons. The number of anilines is 1. The van der Waals surface area contributed by atoms with Gasteiger partial charge in [0.2, 0.25) is 0 Å². The predicted octanol–water partition coefficient (Wildman–Crippen LogP) is 2.66. The Hall–Kier alpha value is -0.960. The first-order valence-corrected chi connectivity index (χ1v) is 7.03. The van der Waals surface area contributed by atoms with Gasteiger partial charge in [0.25, 0.3) is 0 Å². The zero-order chi connectivity index (χ0) is 11.7. The first-order valence-electron chi connectivity index (χ1n) is 4.90.